The Balaban J connectivity index is 2.06. The number of hydrogen-bond acceptors (Lipinski definition) is 3. The highest BCUT2D eigenvalue weighted by molar-refractivity contribution is 5.87. The van der Waals surface area contributed by atoms with Crippen LogP contribution in [0.2, 0.25) is 0 Å². The van der Waals surface area contributed by atoms with Crippen molar-refractivity contribution in [3.05, 3.63) is 54.6 Å². The van der Waals surface area contributed by atoms with Crippen LogP contribution in [0, 0.1) is 0 Å². The highest BCUT2D eigenvalue weighted by Gasteiger charge is 2.11. The van der Waals surface area contributed by atoms with Gasteiger partial charge in [-0.15, -0.1) is 0 Å². The number of nitrogens with zero attached hydrogens (tertiary/aromatic N) is 2. The number of rotatable bonds is 5. The molecular weight excluding hydrogens is 262 g/mol. The lowest BCUT2D eigenvalue weighted by Crippen LogP contribution is -2.78. The van der Waals surface area contributed by atoms with Crippen LogP contribution in [-0.2, 0) is 0 Å². The molecule has 0 atom stereocenters. The first-order valence-corrected chi connectivity index (χ1v) is 7.15. The summed E-state index contributed by atoms with van der Waals surface area (Å²) in [5.41, 5.74) is 1.96. The van der Waals surface area contributed by atoms with Gasteiger partial charge in [-0.05, 0) is 12.1 Å². The Hall–Kier alpha value is -2.30. The summed E-state index contributed by atoms with van der Waals surface area (Å²) in [6.45, 7) is 1.01. The number of fused-ring (bicyclic) bond motifs is 1. The Morgan fingerprint density at radius 2 is 1.67 bits per heavy atom. The molecule has 0 aliphatic rings. The van der Waals surface area contributed by atoms with Gasteiger partial charge >= 0.3 is 0 Å². The number of aromatic nitrogens is 2. The van der Waals surface area contributed by atoms with Gasteiger partial charge in [0.25, 0.3) is 0 Å². The second-order valence-corrected chi connectivity index (χ2v) is 4.89. The topological polar surface area (TPSA) is 62.6 Å². The molecule has 1 aromatic heterocycles. The second kappa shape index (κ2) is 6.43. The van der Waals surface area contributed by atoms with Gasteiger partial charge in [0, 0.05) is 18.6 Å². The fourth-order valence-electron chi connectivity index (χ4n) is 2.30. The number of hydrogen-bond donors (Lipinski definition) is 2. The van der Waals surface area contributed by atoms with Gasteiger partial charge in [0.05, 0.1) is 17.4 Å². The molecule has 0 saturated heterocycles. The quantitative estimate of drug-likeness (QED) is 0.701. The molecule has 3 aromatic rings. The van der Waals surface area contributed by atoms with Crippen molar-refractivity contribution in [2.75, 3.05) is 13.2 Å². The van der Waals surface area contributed by atoms with Crippen molar-refractivity contribution in [2.45, 2.75) is 6.42 Å². The zero-order valence-corrected chi connectivity index (χ0v) is 11.7. The highest BCUT2D eigenvalue weighted by Crippen LogP contribution is 2.22. The van der Waals surface area contributed by atoms with Crippen molar-refractivity contribution in [1.29, 1.82) is 0 Å². The molecule has 2 aromatic carbocycles. The predicted octanol–water partition coefficient (Wildman–Crippen LogP) is 1.87. The average Bonchev–Trinajstić information content (AvgIpc) is 2.55. The highest BCUT2D eigenvalue weighted by atomic mass is 16.3. The molecule has 1 heterocycles. The number of aliphatic hydroxyl groups excluding tert-OH is 1. The van der Waals surface area contributed by atoms with Crippen molar-refractivity contribution in [3.8, 4) is 11.4 Å². The van der Waals surface area contributed by atoms with Gasteiger partial charge < -0.3 is 5.11 Å². The van der Waals surface area contributed by atoms with Crippen molar-refractivity contribution in [3.63, 3.8) is 0 Å². The Labute approximate surface area is 123 Å². The van der Waals surface area contributed by atoms with Gasteiger partial charge in [-0.25, -0.2) is 4.98 Å². The maximum atomic E-state index is 8.94. The van der Waals surface area contributed by atoms with E-state index in [-0.39, 0.29) is 6.61 Å². The molecule has 4 nitrogen and oxygen atoms in total. The number of benzene rings is 2. The third-order valence-corrected chi connectivity index (χ3v) is 3.36. The second-order valence-electron chi connectivity index (χ2n) is 4.89. The van der Waals surface area contributed by atoms with Crippen LogP contribution < -0.4 is 5.32 Å². The summed E-state index contributed by atoms with van der Waals surface area (Å²) in [4.78, 5) is 9.35. The van der Waals surface area contributed by atoms with Gasteiger partial charge in [-0.1, -0.05) is 42.5 Å². The first-order valence-electron chi connectivity index (χ1n) is 7.15. The Morgan fingerprint density at radius 3 is 2.48 bits per heavy atom. The zero-order valence-electron chi connectivity index (χ0n) is 11.7. The fraction of sp³-hybridized carbons (Fsp3) is 0.176. The SMILES string of the molecule is OCCC[NH2+]c1nc(-c2ccccc2)nc2ccccc12. The van der Waals surface area contributed by atoms with E-state index >= 15 is 0 Å². The minimum Gasteiger partial charge on any atom is -0.396 e. The summed E-state index contributed by atoms with van der Waals surface area (Å²) >= 11 is 0. The van der Waals surface area contributed by atoms with Gasteiger partial charge in [-0.3, -0.25) is 5.32 Å². The summed E-state index contributed by atoms with van der Waals surface area (Å²) in [6, 6.07) is 18.0. The van der Waals surface area contributed by atoms with E-state index in [0.29, 0.717) is 0 Å². The van der Waals surface area contributed by atoms with E-state index in [4.69, 9.17) is 10.1 Å². The van der Waals surface area contributed by atoms with Crippen LogP contribution in [0.15, 0.2) is 54.6 Å². The number of aliphatic hydroxyl groups is 1. The largest absolute Gasteiger partial charge is 0.396 e. The molecule has 21 heavy (non-hydrogen) atoms. The molecule has 0 bridgehead atoms. The standard InChI is InChI=1S/C17H17N3O/c21-12-6-11-18-17-14-9-4-5-10-15(14)19-16(20-17)13-7-2-1-3-8-13/h1-5,7-10,21H,6,11-12H2,(H,18,19,20)/p+1. The molecule has 0 fully saturated rings. The van der Waals surface area contributed by atoms with E-state index in [9.17, 15) is 0 Å². The molecule has 3 rings (SSSR count). The maximum absolute atomic E-state index is 8.94. The van der Waals surface area contributed by atoms with Gasteiger partial charge in [0.1, 0.15) is 0 Å². The number of quaternary nitrogens is 1. The van der Waals surface area contributed by atoms with Crippen LogP contribution in [0.5, 0.6) is 0 Å². The molecule has 0 aliphatic carbocycles. The van der Waals surface area contributed by atoms with Crippen molar-refractivity contribution < 1.29 is 10.4 Å². The Kier molecular flexibility index (Phi) is 4.19. The van der Waals surface area contributed by atoms with Crippen LogP contribution >= 0.6 is 0 Å². The lowest BCUT2D eigenvalue weighted by molar-refractivity contribution is -0.574. The molecule has 0 radical (unpaired) electrons. The zero-order chi connectivity index (χ0) is 14.5. The van der Waals surface area contributed by atoms with E-state index in [2.05, 4.69) is 10.3 Å². The molecular formula is C17H18N3O+. The summed E-state index contributed by atoms with van der Waals surface area (Å²) in [5, 5.41) is 12.1. The summed E-state index contributed by atoms with van der Waals surface area (Å²) in [5.74, 6) is 1.68. The van der Waals surface area contributed by atoms with E-state index < -0.39 is 0 Å². The van der Waals surface area contributed by atoms with Gasteiger partial charge in [0.2, 0.25) is 5.82 Å². The van der Waals surface area contributed by atoms with E-state index in [1.54, 1.807) is 0 Å². The lowest BCUT2D eigenvalue weighted by Gasteiger charge is -2.07. The van der Waals surface area contributed by atoms with E-state index in [1.807, 2.05) is 54.6 Å². The molecule has 3 N–H and O–H groups in total. The van der Waals surface area contributed by atoms with Gasteiger partial charge in [0.15, 0.2) is 5.82 Å². The van der Waals surface area contributed by atoms with E-state index in [0.717, 1.165) is 41.1 Å². The minimum atomic E-state index is 0.199. The molecule has 0 spiro atoms. The Bertz CT molecular complexity index is 728. The molecule has 0 aliphatic heterocycles. The first kappa shape index (κ1) is 13.7. The molecule has 0 unspecified atom stereocenters. The molecule has 4 heteroatoms. The Morgan fingerprint density at radius 1 is 0.905 bits per heavy atom. The van der Waals surface area contributed by atoms with Gasteiger partial charge in [-0.2, -0.15) is 4.98 Å². The first-order chi connectivity index (χ1) is 10.4. The van der Waals surface area contributed by atoms with Crippen LogP contribution in [0.4, 0.5) is 5.82 Å². The summed E-state index contributed by atoms with van der Waals surface area (Å²) < 4.78 is 0. The molecule has 106 valence electrons. The third kappa shape index (κ3) is 3.07. The monoisotopic (exact) mass is 280 g/mol. The predicted molar refractivity (Wildman–Crippen MR) is 83.1 cm³/mol. The number of nitrogens with two attached hydrogens (primary N) is 1. The fourth-order valence-corrected chi connectivity index (χ4v) is 2.30. The summed E-state index contributed by atoms with van der Waals surface area (Å²) in [7, 11) is 0. The molecule has 0 saturated carbocycles. The van der Waals surface area contributed by atoms with Crippen molar-refractivity contribution in [1.82, 2.24) is 9.97 Å². The number of para-hydroxylation sites is 1. The maximum Gasteiger partial charge on any atom is 0.235 e. The van der Waals surface area contributed by atoms with E-state index in [1.165, 1.54) is 0 Å². The smallest absolute Gasteiger partial charge is 0.235 e. The van der Waals surface area contributed by atoms with Crippen LogP contribution in [0.25, 0.3) is 22.3 Å². The normalized spacial score (nSPS) is 10.9. The average molecular weight is 280 g/mol. The third-order valence-electron chi connectivity index (χ3n) is 3.36. The summed E-state index contributed by atoms with van der Waals surface area (Å²) in [6.07, 6.45) is 0.749. The van der Waals surface area contributed by atoms with Crippen molar-refractivity contribution >= 4 is 16.7 Å². The van der Waals surface area contributed by atoms with Crippen LogP contribution in [0.3, 0.4) is 0 Å². The minimum absolute atomic E-state index is 0.199. The van der Waals surface area contributed by atoms with Crippen LogP contribution in [0.1, 0.15) is 6.42 Å². The lowest BCUT2D eigenvalue weighted by atomic mass is 10.2. The van der Waals surface area contributed by atoms with Crippen molar-refractivity contribution in [2.24, 2.45) is 0 Å². The van der Waals surface area contributed by atoms with Crippen LogP contribution in [-0.4, -0.2) is 28.2 Å². The molecule has 0 amide bonds.